The second-order valence-corrected chi connectivity index (χ2v) is 6.92. The van der Waals surface area contributed by atoms with E-state index >= 15 is 0 Å². The fourth-order valence-electron chi connectivity index (χ4n) is 3.25. The molecule has 2 aromatic carbocycles. The van der Waals surface area contributed by atoms with Crippen LogP contribution >= 0.6 is 0 Å². The second-order valence-electron chi connectivity index (χ2n) is 6.92. The van der Waals surface area contributed by atoms with Gasteiger partial charge in [-0.15, -0.1) is 0 Å². The van der Waals surface area contributed by atoms with Crippen LogP contribution in [0.2, 0.25) is 0 Å². The van der Waals surface area contributed by atoms with Crippen LogP contribution in [-0.4, -0.2) is 37.6 Å². The number of hydrogen-bond acceptors (Lipinski definition) is 4. The molecular weight excluding hydrogens is 359 g/mol. The number of nitrogens with zero attached hydrogens (tertiary/aromatic N) is 1. The van der Waals surface area contributed by atoms with Gasteiger partial charge in [0.2, 0.25) is 5.91 Å². The summed E-state index contributed by atoms with van der Waals surface area (Å²) in [5.41, 5.74) is 1.99. The first kappa shape index (κ1) is 20.1. The summed E-state index contributed by atoms with van der Waals surface area (Å²) in [6.07, 6.45) is 2.63. The average molecular weight is 386 g/mol. The molecule has 0 atom stereocenters. The first-order chi connectivity index (χ1) is 13.7. The number of nitrogens with one attached hydrogen (secondary N) is 1. The molecule has 6 heteroatoms. The molecule has 0 aromatic heterocycles. The SMILES string of the molecule is COc1cc(CNCCCN2CCCC2=O)ccc1OCc1ccc(F)cc1. The van der Waals surface area contributed by atoms with Crippen LogP contribution in [0, 0.1) is 5.82 Å². The largest absolute Gasteiger partial charge is 0.493 e. The lowest BCUT2D eigenvalue weighted by Crippen LogP contribution is -2.28. The molecular formula is C22H27FN2O3. The van der Waals surface area contributed by atoms with E-state index in [1.54, 1.807) is 19.2 Å². The van der Waals surface area contributed by atoms with E-state index in [4.69, 9.17) is 9.47 Å². The molecule has 0 saturated carbocycles. The number of carbonyl (C=O) groups is 1. The molecule has 5 nitrogen and oxygen atoms in total. The summed E-state index contributed by atoms with van der Waals surface area (Å²) < 4.78 is 24.2. The summed E-state index contributed by atoms with van der Waals surface area (Å²) >= 11 is 0. The highest BCUT2D eigenvalue weighted by molar-refractivity contribution is 5.77. The molecule has 1 heterocycles. The van der Waals surface area contributed by atoms with Gasteiger partial charge in [0.25, 0.3) is 0 Å². The lowest BCUT2D eigenvalue weighted by atomic mass is 10.2. The zero-order valence-corrected chi connectivity index (χ0v) is 16.2. The summed E-state index contributed by atoms with van der Waals surface area (Å²) in [6.45, 7) is 3.65. The highest BCUT2D eigenvalue weighted by atomic mass is 19.1. The van der Waals surface area contributed by atoms with Crippen molar-refractivity contribution in [3.8, 4) is 11.5 Å². The highest BCUT2D eigenvalue weighted by Gasteiger charge is 2.18. The lowest BCUT2D eigenvalue weighted by molar-refractivity contribution is -0.127. The molecule has 3 rings (SSSR count). The zero-order valence-electron chi connectivity index (χ0n) is 16.2. The topological polar surface area (TPSA) is 50.8 Å². The predicted octanol–water partition coefficient (Wildman–Crippen LogP) is 3.52. The summed E-state index contributed by atoms with van der Waals surface area (Å²) in [5.74, 6) is 1.35. The first-order valence-electron chi connectivity index (χ1n) is 9.68. The molecule has 0 aliphatic carbocycles. The van der Waals surface area contributed by atoms with E-state index in [-0.39, 0.29) is 11.7 Å². The van der Waals surface area contributed by atoms with Crippen molar-refractivity contribution in [2.24, 2.45) is 0 Å². The van der Waals surface area contributed by atoms with Gasteiger partial charge in [-0.1, -0.05) is 18.2 Å². The van der Waals surface area contributed by atoms with E-state index in [1.807, 2.05) is 23.1 Å². The minimum Gasteiger partial charge on any atom is -0.493 e. The highest BCUT2D eigenvalue weighted by Crippen LogP contribution is 2.28. The van der Waals surface area contributed by atoms with Crippen molar-refractivity contribution in [1.82, 2.24) is 10.2 Å². The maximum Gasteiger partial charge on any atom is 0.222 e. The van der Waals surface area contributed by atoms with Gasteiger partial charge >= 0.3 is 0 Å². The molecule has 1 fully saturated rings. The van der Waals surface area contributed by atoms with Crippen LogP contribution in [0.15, 0.2) is 42.5 Å². The van der Waals surface area contributed by atoms with E-state index in [0.717, 1.165) is 50.1 Å². The van der Waals surface area contributed by atoms with Gasteiger partial charge in [0.1, 0.15) is 12.4 Å². The monoisotopic (exact) mass is 386 g/mol. The number of halogens is 1. The molecule has 0 radical (unpaired) electrons. The molecule has 1 saturated heterocycles. The van der Waals surface area contributed by atoms with Gasteiger partial charge in [0, 0.05) is 26.1 Å². The fourth-order valence-corrected chi connectivity index (χ4v) is 3.25. The summed E-state index contributed by atoms with van der Waals surface area (Å²) in [5, 5.41) is 3.40. The first-order valence-corrected chi connectivity index (χ1v) is 9.68. The summed E-state index contributed by atoms with van der Waals surface area (Å²) in [6, 6.07) is 12.1. The van der Waals surface area contributed by atoms with Gasteiger partial charge in [-0.3, -0.25) is 4.79 Å². The number of ether oxygens (including phenoxy) is 2. The molecule has 0 unspecified atom stereocenters. The molecule has 28 heavy (non-hydrogen) atoms. The fraction of sp³-hybridized carbons (Fsp3) is 0.409. The Hall–Kier alpha value is -2.60. The lowest BCUT2D eigenvalue weighted by Gasteiger charge is -2.15. The summed E-state index contributed by atoms with van der Waals surface area (Å²) in [4.78, 5) is 13.5. The van der Waals surface area contributed by atoms with Crippen molar-refractivity contribution in [1.29, 1.82) is 0 Å². The minimum atomic E-state index is -0.259. The van der Waals surface area contributed by atoms with Gasteiger partial charge in [0.15, 0.2) is 11.5 Å². The minimum absolute atomic E-state index is 0.259. The maximum atomic E-state index is 13.0. The Labute approximate surface area is 165 Å². The van der Waals surface area contributed by atoms with Crippen LogP contribution in [-0.2, 0) is 17.9 Å². The third-order valence-corrected chi connectivity index (χ3v) is 4.82. The number of methoxy groups -OCH3 is 1. The van der Waals surface area contributed by atoms with Crippen molar-refractivity contribution in [3.63, 3.8) is 0 Å². The third-order valence-electron chi connectivity index (χ3n) is 4.82. The van der Waals surface area contributed by atoms with Gasteiger partial charge in [-0.25, -0.2) is 4.39 Å². The molecule has 1 N–H and O–H groups in total. The number of carbonyl (C=O) groups excluding carboxylic acids is 1. The Bertz CT molecular complexity index is 780. The molecule has 1 aliphatic heterocycles. The Morgan fingerprint density at radius 2 is 1.89 bits per heavy atom. The number of benzene rings is 2. The van der Waals surface area contributed by atoms with Crippen LogP contribution in [0.1, 0.15) is 30.4 Å². The van der Waals surface area contributed by atoms with Crippen LogP contribution in [0.25, 0.3) is 0 Å². The number of rotatable bonds is 10. The van der Waals surface area contributed by atoms with Crippen molar-refractivity contribution in [2.75, 3.05) is 26.7 Å². The van der Waals surface area contributed by atoms with Crippen LogP contribution < -0.4 is 14.8 Å². The number of amides is 1. The van der Waals surface area contributed by atoms with E-state index < -0.39 is 0 Å². The van der Waals surface area contributed by atoms with E-state index in [9.17, 15) is 9.18 Å². The van der Waals surface area contributed by atoms with Crippen LogP contribution in [0.4, 0.5) is 4.39 Å². The molecule has 2 aromatic rings. The molecule has 1 amide bonds. The second kappa shape index (κ2) is 10.1. The van der Waals surface area contributed by atoms with Crippen molar-refractivity contribution < 1.29 is 18.7 Å². The Morgan fingerprint density at radius 3 is 2.61 bits per heavy atom. The predicted molar refractivity (Wildman–Crippen MR) is 106 cm³/mol. The van der Waals surface area contributed by atoms with Gasteiger partial charge in [0.05, 0.1) is 7.11 Å². The standard InChI is InChI=1S/C22H27FN2O3/c1-27-21-14-18(15-24-11-3-13-25-12-2-4-22(25)26)7-10-20(21)28-16-17-5-8-19(23)9-6-17/h5-10,14,24H,2-4,11-13,15-16H2,1H3. The summed E-state index contributed by atoms with van der Waals surface area (Å²) in [7, 11) is 1.62. The molecule has 0 bridgehead atoms. The Morgan fingerprint density at radius 1 is 1.11 bits per heavy atom. The smallest absolute Gasteiger partial charge is 0.222 e. The van der Waals surface area contributed by atoms with Gasteiger partial charge in [-0.2, -0.15) is 0 Å². The number of likely N-dealkylation sites (tertiary alicyclic amines) is 1. The normalized spacial score (nSPS) is 13.8. The average Bonchev–Trinajstić information content (AvgIpc) is 3.12. The Balaban J connectivity index is 1.44. The van der Waals surface area contributed by atoms with Gasteiger partial charge in [-0.05, 0) is 54.8 Å². The van der Waals surface area contributed by atoms with Crippen molar-refractivity contribution in [3.05, 3.63) is 59.4 Å². The molecule has 0 spiro atoms. The van der Waals surface area contributed by atoms with Crippen molar-refractivity contribution >= 4 is 5.91 Å². The Kier molecular flexibility index (Phi) is 7.25. The zero-order chi connectivity index (χ0) is 19.8. The van der Waals surface area contributed by atoms with E-state index in [0.29, 0.717) is 24.5 Å². The van der Waals surface area contributed by atoms with E-state index in [1.165, 1.54) is 12.1 Å². The van der Waals surface area contributed by atoms with Crippen LogP contribution in [0.3, 0.4) is 0 Å². The maximum absolute atomic E-state index is 13.0. The van der Waals surface area contributed by atoms with E-state index in [2.05, 4.69) is 5.32 Å². The van der Waals surface area contributed by atoms with Gasteiger partial charge < -0.3 is 19.7 Å². The molecule has 1 aliphatic rings. The third kappa shape index (κ3) is 5.70. The number of hydrogen-bond donors (Lipinski definition) is 1. The van der Waals surface area contributed by atoms with Crippen LogP contribution in [0.5, 0.6) is 11.5 Å². The van der Waals surface area contributed by atoms with Crippen molar-refractivity contribution in [2.45, 2.75) is 32.4 Å². The quantitative estimate of drug-likeness (QED) is 0.635. The molecule has 150 valence electrons.